The summed E-state index contributed by atoms with van der Waals surface area (Å²) in [6, 6.07) is 5.80. The molecule has 4 aromatic rings. The number of nitrogens with zero attached hydrogens (tertiary/aromatic N) is 7. The van der Waals surface area contributed by atoms with Gasteiger partial charge in [-0.15, -0.1) is 0 Å². The van der Waals surface area contributed by atoms with E-state index in [-0.39, 0.29) is 51.3 Å². The molecule has 15 heteroatoms. The van der Waals surface area contributed by atoms with Gasteiger partial charge in [0.15, 0.2) is 5.65 Å². The van der Waals surface area contributed by atoms with E-state index in [0.717, 1.165) is 25.9 Å². The number of morpholine rings is 1. The predicted octanol–water partition coefficient (Wildman–Crippen LogP) is 3.81. The topological polar surface area (TPSA) is 119 Å². The largest absolute Gasteiger partial charge is 0.434 e. The molecule has 0 atom stereocenters. The number of amides is 2. The number of rotatable bonds is 8. The van der Waals surface area contributed by atoms with E-state index in [1.807, 2.05) is 0 Å². The molecule has 2 fully saturated rings. The second-order valence-corrected chi connectivity index (χ2v) is 11.4. The fourth-order valence-corrected chi connectivity index (χ4v) is 5.92. The molecule has 2 aliphatic heterocycles. The van der Waals surface area contributed by atoms with E-state index in [1.165, 1.54) is 46.0 Å². The summed E-state index contributed by atoms with van der Waals surface area (Å²) in [6.45, 7) is 3.36. The maximum absolute atomic E-state index is 13.4. The third-order valence-corrected chi connectivity index (χ3v) is 8.45. The summed E-state index contributed by atoms with van der Waals surface area (Å²) in [4.78, 5) is 35.2. The zero-order valence-electron chi connectivity index (χ0n) is 24.0. The Bertz CT molecular complexity index is 1660. The number of halogens is 3. The van der Waals surface area contributed by atoms with Crippen LogP contribution in [0, 0.1) is 0 Å². The van der Waals surface area contributed by atoms with Crippen LogP contribution < -0.4 is 10.1 Å². The summed E-state index contributed by atoms with van der Waals surface area (Å²) in [5.41, 5.74) is 0.902. The third-order valence-electron chi connectivity index (χ3n) is 8.21. The van der Waals surface area contributed by atoms with Crippen molar-refractivity contribution in [1.29, 1.82) is 0 Å². The summed E-state index contributed by atoms with van der Waals surface area (Å²) in [7, 11) is 0. The van der Waals surface area contributed by atoms with Crippen molar-refractivity contribution < 1.29 is 27.8 Å². The van der Waals surface area contributed by atoms with Gasteiger partial charge in [0.2, 0.25) is 5.91 Å². The lowest BCUT2D eigenvalue weighted by atomic mass is 9.87. The standard InChI is InChI=1S/C29H31ClF2N8O4/c1-29(38-11-13-43-14-12-38)5-9-37(10-6-29)24(41)18-39-17-22(35-27(42)21-16-34-40-8-2-7-33-26(21)40)25(36-39)20-15-19(30)3-4-23(20)44-28(31)32/h2-4,7-8,15-17,28H,5-6,9-14,18H2,1H3,(H,35,42). The molecule has 0 saturated carbocycles. The highest BCUT2D eigenvalue weighted by Crippen LogP contribution is 2.37. The van der Waals surface area contributed by atoms with Crippen molar-refractivity contribution in [3.05, 3.63) is 59.6 Å². The minimum atomic E-state index is -3.11. The van der Waals surface area contributed by atoms with Crippen molar-refractivity contribution in [2.24, 2.45) is 0 Å². The highest BCUT2D eigenvalue weighted by Gasteiger charge is 2.37. The van der Waals surface area contributed by atoms with Crippen molar-refractivity contribution in [2.75, 3.05) is 44.7 Å². The van der Waals surface area contributed by atoms with E-state index in [2.05, 4.69) is 32.3 Å². The zero-order chi connectivity index (χ0) is 30.8. The first-order valence-corrected chi connectivity index (χ1v) is 14.6. The molecule has 232 valence electrons. The molecule has 2 amide bonds. The van der Waals surface area contributed by atoms with Gasteiger partial charge in [-0.05, 0) is 44.0 Å². The monoisotopic (exact) mass is 628 g/mol. The molecular formula is C29H31ClF2N8O4. The number of fused-ring (bicyclic) bond motifs is 1. The number of carbonyl (C=O) groups is 2. The summed E-state index contributed by atoms with van der Waals surface area (Å²) >= 11 is 6.22. The van der Waals surface area contributed by atoms with Crippen LogP contribution >= 0.6 is 11.6 Å². The Morgan fingerprint density at radius 2 is 1.95 bits per heavy atom. The third kappa shape index (κ3) is 6.23. The van der Waals surface area contributed by atoms with Gasteiger partial charge in [0.05, 0.1) is 25.1 Å². The maximum Gasteiger partial charge on any atom is 0.387 e. The van der Waals surface area contributed by atoms with Gasteiger partial charge in [0.1, 0.15) is 23.6 Å². The van der Waals surface area contributed by atoms with Gasteiger partial charge in [0.25, 0.3) is 5.91 Å². The van der Waals surface area contributed by atoms with E-state index >= 15 is 0 Å². The second-order valence-electron chi connectivity index (χ2n) is 11.0. The molecule has 0 radical (unpaired) electrons. The van der Waals surface area contributed by atoms with Crippen LogP contribution in [-0.2, 0) is 16.1 Å². The smallest absolute Gasteiger partial charge is 0.387 e. The number of nitrogens with one attached hydrogen (secondary N) is 1. The van der Waals surface area contributed by atoms with Gasteiger partial charge >= 0.3 is 6.61 Å². The first-order chi connectivity index (χ1) is 21.2. The number of hydrogen-bond donors (Lipinski definition) is 1. The van der Waals surface area contributed by atoms with Gasteiger partial charge in [0, 0.05) is 60.9 Å². The van der Waals surface area contributed by atoms with E-state index in [4.69, 9.17) is 21.1 Å². The number of alkyl halides is 2. The van der Waals surface area contributed by atoms with Crippen LogP contribution in [0.5, 0.6) is 5.75 Å². The molecule has 6 rings (SSSR count). The Labute approximate surface area is 256 Å². The molecule has 0 unspecified atom stereocenters. The Morgan fingerprint density at radius 3 is 2.70 bits per heavy atom. The minimum Gasteiger partial charge on any atom is -0.434 e. The summed E-state index contributed by atoms with van der Waals surface area (Å²) in [5.74, 6) is -0.891. The molecule has 3 aromatic heterocycles. The lowest BCUT2D eigenvalue weighted by molar-refractivity contribution is -0.135. The number of likely N-dealkylation sites (tertiary alicyclic amines) is 1. The molecular weight excluding hydrogens is 598 g/mol. The van der Waals surface area contributed by atoms with Crippen molar-refractivity contribution in [1.82, 2.24) is 34.2 Å². The lowest BCUT2D eigenvalue weighted by Crippen LogP contribution is -2.57. The van der Waals surface area contributed by atoms with Gasteiger partial charge in [-0.3, -0.25) is 19.2 Å². The average Bonchev–Trinajstić information content (AvgIpc) is 3.62. The number of anilines is 1. The van der Waals surface area contributed by atoms with Crippen LogP contribution in [0.2, 0.25) is 5.02 Å². The molecule has 0 spiro atoms. The Hall–Kier alpha value is -4.14. The molecule has 44 heavy (non-hydrogen) atoms. The molecule has 1 aromatic carbocycles. The number of aromatic nitrogens is 5. The number of carbonyl (C=O) groups excluding carboxylic acids is 2. The summed E-state index contributed by atoms with van der Waals surface area (Å²) < 4.78 is 39.6. The van der Waals surface area contributed by atoms with Crippen LogP contribution in [0.1, 0.15) is 30.1 Å². The number of ether oxygens (including phenoxy) is 2. The summed E-state index contributed by atoms with van der Waals surface area (Å²) in [5, 5.41) is 11.7. The van der Waals surface area contributed by atoms with Crippen LogP contribution in [0.15, 0.2) is 49.1 Å². The van der Waals surface area contributed by atoms with Crippen molar-refractivity contribution in [3.63, 3.8) is 0 Å². The fraction of sp³-hybridized carbons (Fsp3) is 0.414. The average molecular weight is 629 g/mol. The van der Waals surface area contributed by atoms with E-state index < -0.39 is 12.5 Å². The van der Waals surface area contributed by atoms with Gasteiger partial charge in [-0.2, -0.15) is 19.0 Å². The van der Waals surface area contributed by atoms with E-state index in [0.29, 0.717) is 32.0 Å². The van der Waals surface area contributed by atoms with Crippen LogP contribution in [-0.4, -0.2) is 97.5 Å². The summed E-state index contributed by atoms with van der Waals surface area (Å²) in [6.07, 6.45) is 7.70. The van der Waals surface area contributed by atoms with Crippen molar-refractivity contribution in [3.8, 4) is 17.0 Å². The Balaban J connectivity index is 1.26. The van der Waals surface area contributed by atoms with E-state index in [1.54, 1.807) is 17.2 Å². The molecule has 1 N–H and O–H groups in total. The van der Waals surface area contributed by atoms with Crippen LogP contribution in [0.3, 0.4) is 0 Å². The predicted molar refractivity (Wildman–Crippen MR) is 157 cm³/mol. The first kappa shape index (κ1) is 29.9. The van der Waals surface area contributed by atoms with Gasteiger partial charge in [-0.25, -0.2) is 9.50 Å². The first-order valence-electron chi connectivity index (χ1n) is 14.2. The van der Waals surface area contributed by atoms with Gasteiger partial charge < -0.3 is 19.7 Å². The highest BCUT2D eigenvalue weighted by molar-refractivity contribution is 6.31. The second kappa shape index (κ2) is 12.5. The fourth-order valence-electron chi connectivity index (χ4n) is 5.75. The number of piperidine rings is 1. The number of benzene rings is 1. The lowest BCUT2D eigenvalue weighted by Gasteiger charge is -2.48. The number of hydrogen-bond acceptors (Lipinski definition) is 8. The molecule has 5 heterocycles. The molecule has 12 nitrogen and oxygen atoms in total. The van der Waals surface area contributed by atoms with Crippen LogP contribution in [0.4, 0.5) is 14.5 Å². The zero-order valence-corrected chi connectivity index (χ0v) is 24.7. The van der Waals surface area contributed by atoms with E-state index in [9.17, 15) is 18.4 Å². The quantitative estimate of drug-likeness (QED) is 0.313. The molecule has 0 bridgehead atoms. The normalized spacial score (nSPS) is 17.2. The van der Waals surface area contributed by atoms with Gasteiger partial charge in [-0.1, -0.05) is 11.6 Å². The maximum atomic E-state index is 13.4. The Kier molecular flexibility index (Phi) is 8.47. The van der Waals surface area contributed by atoms with Crippen molar-refractivity contribution >= 4 is 34.7 Å². The molecule has 2 saturated heterocycles. The SMILES string of the molecule is CC1(N2CCOCC2)CCN(C(=O)Cn2cc(NC(=O)c3cnn4cccnc34)c(-c3cc(Cl)ccc3OC(F)F)n2)CC1. The highest BCUT2D eigenvalue weighted by atomic mass is 35.5. The Morgan fingerprint density at radius 1 is 1.18 bits per heavy atom. The minimum absolute atomic E-state index is 0.00245. The van der Waals surface area contributed by atoms with Crippen LogP contribution in [0.25, 0.3) is 16.9 Å². The molecule has 2 aliphatic rings. The molecule has 0 aliphatic carbocycles. The van der Waals surface area contributed by atoms with Crippen molar-refractivity contribution in [2.45, 2.75) is 38.5 Å².